The molecule has 0 radical (unpaired) electrons. The fraction of sp³-hybridized carbons (Fsp3) is 0.500. The van der Waals surface area contributed by atoms with Crippen LogP contribution in [-0.2, 0) is 6.54 Å². The van der Waals surface area contributed by atoms with Gasteiger partial charge in [0.2, 0.25) is 0 Å². The van der Waals surface area contributed by atoms with Crippen molar-refractivity contribution in [3.05, 3.63) is 35.9 Å². The van der Waals surface area contributed by atoms with Crippen LogP contribution in [0.2, 0.25) is 0 Å². The summed E-state index contributed by atoms with van der Waals surface area (Å²) in [6, 6.07) is 11.3. The smallest absolute Gasteiger partial charge is 0.0643 e. The van der Waals surface area contributed by atoms with E-state index in [9.17, 15) is 0 Å². The Morgan fingerprint density at radius 3 is 2.82 bits per heavy atom. The molecule has 1 aliphatic heterocycles. The van der Waals surface area contributed by atoms with Crippen LogP contribution in [0.25, 0.3) is 0 Å². The van der Waals surface area contributed by atoms with E-state index in [1.807, 2.05) is 5.49 Å². The molecule has 0 saturated carbocycles. The topological polar surface area (TPSA) is 6.48 Å². The molecule has 1 aromatic rings. The van der Waals surface area contributed by atoms with Crippen molar-refractivity contribution in [1.82, 2.24) is 9.80 Å². The second-order valence-electron chi connectivity index (χ2n) is 4.60. The van der Waals surface area contributed by atoms with Gasteiger partial charge >= 0.3 is 0 Å². The molecule has 0 N–H and O–H groups in total. The third-order valence-electron chi connectivity index (χ3n) is 3.47. The summed E-state index contributed by atoms with van der Waals surface area (Å²) >= 11 is 5.06. The van der Waals surface area contributed by atoms with Crippen molar-refractivity contribution < 1.29 is 0 Å². The fourth-order valence-corrected chi connectivity index (χ4v) is 2.81. The highest BCUT2D eigenvalue weighted by molar-refractivity contribution is 7.78. The molecule has 17 heavy (non-hydrogen) atoms. The van der Waals surface area contributed by atoms with Crippen molar-refractivity contribution in [3.63, 3.8) is 0 Å². The van der Waals surface area contributed by atoms with E-state index in [0.29, 0.717) is 6.04 Å². The maximum Gasteiger partial charge on any atom is 0.0643 e. The van der Waals surface area contributed by atoms with E-state index in [1.54, 1.807) is 0 Å². The molecule has 1 aromatic carbocycles. The van der Waals surface area contributed by atoms with Crippen molar-refractivity contribution >= 4 is 17.7 Å². The Kier molecular flexibility index (Phi) is 4.51. The van der Waals surface area contributed by atoms with Crippen molar-refractivity contribution in [2.24, 2.45) is 0 Å². The van der Waals surface area contributed by atoms with E-state index in [0.717, 1.165) is 19.6 Å². The average molecular weight is 248 g/mol. The molecular formula is C14H20N2S. The molecule has 2 nitrogen and oxygen atoms in total. The summed E-state index contributed by atoms with van der Waals surface area (Å²) in [5.74, 6) is 0. The summed E-state index contributed by atoms with van der Waals surface area (Å²) < 4.78 is 0. The van der Waals surface area contributed by atoms with E-state index in [2.05, 4.69) is 47.1 Å². The highest BCUT2D eigenvalue weighted by Crippen LogP contribution is 2.17. The molecule has 0 amide bonds. The predicted octanol–water partition coefficient (Wildman–Crippen LogP) is 2.54. The number of benzene rings is 1. The number of rotatable bonds is 5. The van der Waals surface area contributed by atoms with Gasteiger partial charge in [0.1, 0.15) is 0 Å². The van der Waals surface area contributed by atoms with Gasteiger partial charge in [0.15, 0.2) is 0 Å². The summed E-state index contributed by atoms with van der Waals surface area (Å²) in [5.41, 5.74) is 3.22. The predicted molar refractivity (Wildman–Crippen MR) is 76.2 cm³/mol. The van der Waals surface area contributed by atoms with Gasteiger partial charge in [-0.3, -0.25) is 4.90 Å². The van der Waals surface area contributed by atoms with Crippen LogP contribution in [0, 0.1) is 0 Å². The standard InChI is InChI=1S/C14H20N2S/c1-2-16(12-17)14-8-9-15(11-14)10-13-6-4-3-5-7-13/h3-7,12,14H,2,8-11H2,1H3. The van der Waals surface area contributed by atoms with Crippen molar-refractivity contribution in [1.29, 1.82) is 0 Å². The van der Waals surface area contributed by atoms with Crippen LogP contribution < -0.4 is 0 Å². The number of likely N-dealkylation sites (N-methyl/N-ethyl adjacent to an activating group) is 1. The van der Waals surface area contributed by atoms with Crippen molar-refractivity contribution in [2.45, 2.75) is 25.9 Å². The van der Waals surface area contributed by atoms with Crippen LogP contribution in [0.1, 0.15) is 18.9 Å². The normalized spacial score (nSPS) is 20.4. The van der Waals surface area contributed by atoms with Gasteiger partial charge in [-0.1, -0.05) is 42.5 Å². The number of hydrogen-bond donors (Lipinski definition) is 0. The molecule has 1 atom stereocenters. The molecule has 1 heterocycles. The van der Waals surface area contributed by atoms with E-state index in [1.165, 1.54) is 18.5 Å². The van der Waals surface area contributed by atoms with Crippen LogP contribution in [0.15, 0.2) is 30.3 Å². The van der Waals surface area contributed by atoms with Crippen molar-refractivity contribution in [3.8, 4) is 0 Å². The molecule has 0 aliphatic carbocycles. The summed E-state index contributed by atoms with van der Waals surface area (Å²) in [4.78, 5) is 4.79. The van der Waals surface area contributed by atoms with E-state index in [4.69, 9.17) is 12.2 Å². The van der Waals surface area contributed by atoms with Crippen LogP contribution in [-0.4, -0.2) is 41.0 Å². The summed E-state index contributed by atoms with van der Waals surface area (Å²) in [6.07, 6.45) is 1.23. The van der Waals surface area contributed by atoms with Gasteiger partial charge in [0, 0.05) is 32.2 Å². The Balaban J connectivity index is 1.88. The molecule has 3 heteroatoms. The second kappa shape index (κ2) is 6.12. The minimum atomic E-state index is 0.612. The molecule has 0 bridgehead atoms. The average Bonchev–Trinajstić information content (AvgIpc) is 2.81. The summed E-state index contributed by atoms with van der Waals surface area (Å²) in [5, 5.41) is 0. The highest BCUT2D eigenvalue weighted by atomic mass is 32.1. The zero-order valence-corrected chi connectivity index (χ0v) is 11.2. The zero-order chi connectivity index (χ0) is 12.1. The zero-order valence-electron chi connectivity index (χ0n) is 10.4. The Labute approximate surface area is 109 Å². The first-order valence-corrected chi connectivity index (χ1v) is 6.78. The lowest BCUT2D eigenvalue weighted by molar-refractivity contribution is 0.286. The first-order valence-electron chi connectivity index (χ1n) is 6.30. The minimum Gasteiger partial charge on any atom is -0.365 e. The quantitative estimate of drug-likeness (QED) is 0.739. The Bertz CT molecular complexity index is 352. The molecule has 2 rings (SSSR count). The molecule has 1 aliphatic rings. The van der Waals surface area contributed by atoms with Gasteiger partial charge in [0.25, 0.3) is 0 Å². The van der Waals surface area contributed by atoms with Gasteiger partial charge in [0.05, 0.1) is 5.49 Å². The molecule has 0 spiro atoms. The number of thiocarbonyl (C=S) groups is 1. The van der Waals surface area contributed by atoms with E-state index in [-0.39, 0.29) is 0 Å². The SMILES string of the molecule is CCN(C=S)C1CCN(Cc2ccccc2)C1. The van der Waals surface area contributed by atoms with Crippen LogP contribution in [0.5, 0.6) is 0 Å². The fourth-order valence-electron chi connectivity index (χ4n) is 2.49. The molecule has 0 aromatic heterocycles. The lowest BCUT2D eigenvalue weighted by Gasteiger charge is -2.25. The van der Waals surface area contributed by atoms with E-state index < -0.39 is 0 Å². The maximum atomic E-state index is 5.06. The lowest BCUT2D eigenvalue weighted by Crippen LogP contribution is -2.35. The third-order valence-corrected chi connectivity index (χ3v) is 3.74. The molecule has 1 saturated heterocycles. The largest absolute Gasteiger partial charge is 0.365 e. The van der Waals surface area contributed by atoms with Gasteiger partial charge in [-0.05, 0) is 18.9 Å². The van der Waals surface area contributed by atoms with E-state index >= 15 is 0 Å². The van der Waals surface area contributed by atoms with Gasteiger partial charge in [-0.25, -0.2) is 0 Å². The summed E-state index contributed by atoms with van der Waals surface area (Å²) in [7, 11) is 0. The van der Waals surface area contributed by atoms with Crippen molar-refractivity contribution in [2.75, 3.05) is 19.6 Å². The minimum absolute atomic E-state index is 0.612. The highest BCUT2D eigenvalue weighted by Gasteiger charge is 2.25. The Hall–Kier alpha value is -0.930. The van der Waals surface area contributed by atoms with Gasteiger partial charge in [-0.15, -0.1) is 0 Å². The van der Waals surface area contributed by atoms with Crippen LogP contribution in [0.4, 0.5) is 0 Å². The first-order chi connectivity index (χ1) is 8.33. The number of likely N-dealkylation sites (tertiary alicyclic amines) is 1. The monoisotopic (exact) mass is 248 g/mol. The second-order valence-corrected chi connectivity index (χ2v) is 4.81. The van der Waals surface area contributed by atoms with Crippen LogP contribution in [0.3, 0.4) is 0 Å². The van der Waals surface area contributed by atoms with Gasteiger partial charge in [-0.2, -0.15) is 0 Å². The molecule has 1 unspecified atom stereocenters. The molecule has 1 fully saturated rings. The Morgan fingerprint density at radius 2 is 2.18 bits per heavy atom. The lowest BCUT2D eigenvalue weighted by atomic mass is 10.2. The third kappa shape index (κ3) is 3.27. The van der Waals surface area contributed by atoms with Gasteiger partial charge < -0.3 is 4.90 Å². The summed E-state index contributed by atoms with van der Waals surface area (Å²) in [6.45, 7) is 6.57. The maximum absolute atomic E-state index is 5.06. The molecular weight excluding hydrogens is 228 g/mol. The Morgan fingerprint density at radius 1 is 1.41 bits per heavy atom. The number of nitrogens with zero attached hydrogens (tertiary/aromatic N) is 2. The molecule has 92 valence electrons. The van der Waals surface area contributed by atoms with Crippen LogP contribution >= 0.6 is 12.2 Å². The number of hydrogen-bond acceptors (Lipinski definition) is 2. The first kappa shape index (κ1) is 12.5.